The SMILES string of the molecule is COCOc1c(C(F)(F)F)ccc(CN(C(=O)C(F)(F)F)c2ccc3c(c2)OC[C@H]3CC(=O)OC)c1C(OC)OC. The lowest BCUT2D eigenvalue weighted by molar-refractivity contribution is -0.170. The van der Waals surface area contributed by atoms with Crippen molar-refractivity contribution in [1.82, 2.24) is 0 Å². The second-order valence-electron chi connectivity index (χ2n) is 8.77. The number of ether oxygens (including phenoxy) is 6. The Hall–Kier alpha value is -3.56. The van der Waals surface area contributed by atoms with Gasteiger partial charge in [0.05, 0.1) is 37.8 Å². The second kappa shape index (κ2) is 13.0. The van der Waals surface area contributed by atoms with Crippen LogP contribution in [0.25, 0.3) is 0 Å². The molecule has 1 heterocycles. The monoisotopic (exact) mass is 595 g/mol. The van der Waals surface area contributed by atoms with Crippen molar-refractivity contribution < 1.29 is 64.4 Å². The van der Waals surface area contributed by atoms with Crippen LogP contribution in [0.5, 0.6) is 11.5 Å². The quantitative estimate of drug-likeness (QED) is 0.201. The van der Waals surface area contributed by atoms with Crippen LogP contribution in [0.15, 0.2) is 30.3 Å². The molecule has 15 heteroatoms. The van der Waals surface area contributed by atoms with E-state index < -0.39 is 66.7 Å². The van der Waals surface area contributed by atoms with Gasteiger partial charge in [0.2, 0.25) is 0 Å². The Labute approximate surface area is 230 Å². The van der Waals surface area contributed by atoms with Crippen molar-refractivity contribution in [3.63, 3.8) is 0 Å². The number of hydrogen-bond acceptors (Lipinski definition) is 8. The van der Waals surface area contributed by atoms with E-state index in [4.69, 9.17) is 23.7 Å². The minimum absolute atomic E-state index is 0.0391. The first-order chi connectivity index (χ1) is 19.3. The highest BCUT2D eigenvalue weighted by atomic mass is 19.4. The summed E-state index contributed by atoms with van der Waals surface area (Å²) in [6.07, 6.45) is -11.8. The van der Waals surface area contributed by atoms with E-state index in [1.165, 1.54) is 25.3 Å². The number of alkyl halides is 6. The van der Waals surface area contributed by atoms with Crippen molar-refractivity contribution >= 4 is 17.6 Å². The molecule has 41 heavy (non-hydrogen) atoms. The number of anilines is 1. The Morgan fingerprint density at radius 2 is 1.71 bits per heavy atom. The van der Waals surface area contributed by atoms with Crippen LogP contribution in [0.3, 0.4) is 0 Å². The summed E-state index contributed by atoms with van der Waals surface area (Å²) in [5, 5.41) is 0. The first-order valence-corrected chi connectivity index (χ1v) is 11.9. The van der Waals surface area contributed by atoms with Gasteiger partial charge in [-0.05, 0) is 17.7 Å². The number of hydrogen-bond donors (Lipinski definition) is 0. The van der Waals surface area contributed by atoms with Gasteiger partial charge in [0.15, 0.2) is 13.1 Å². The zero-order chi connectivity index (χ0) is 30.5. The van der Waals surface area contributed by atoms with E-state index in [9.17, 15) is 35.9 Å². The lowest BCUT2D eigenvalue weighted by atomic mass is 9.97. The van der Waals surface area contributed by atoms with Gasteiger partial charge in [0.1, 0.15) is 11.5 Å². The minimum Gasteiger partial charge on any atom is -0.493 e. The Kier molecular flexibility index (Phi) is 10.1. The summed E-state index contributed by atoms with van der Waals surface area (Å²) in [5.74, 6) is -3.90. The molecule has 1 atom stereocenters. The molecule has 226 valence electrons. The number of esters is 1. The van der Waals surface area contributed by atoms with Crippen molar-refractivity contribution in [2.75, 3.05) is 46.7 Å². The molecule has 0 bridgehead atoms. The van der Waals surface area contributed by atoms with E-state index in [2.05, 4.69) is 4.74 Å². The van der Waals surface area contributed by atoms with Crippen LogP contribution in [0.2, 0.25) is 0 Å². The zero-order valence-corrected chi connectivity index (χ0v) is 22.4. The van der Waals surface area contributed by atoms with E-state index in [0.29, 0.717) is 16.5 Å². The Morgan fingerprint density at radius 1 is 1.02 bits per heavy atom. The van der Waals surface area contributed by atoms with Crippen LogP contribution in [0, 0.1) is 0 Å². The third-order valence-electron chi connectivity index (χ3n) is 6.22. The molecule has 0 aromatic heterocycles. The summed E-state index contributed by atoms with van der Waals surface area (Å²) >= 11 is 0. The molecule has 0 spiro atoms. The molecule has 2 aromatic carbocycles. The highest BCUT2D eigenvalue weighted by molar-refractivity contribution is 5.97. The van der Waals surface area contributed by atoms with E-state index in [-0.39, 0.29) is 30.0 Å². The van der Waals surface area contributed by atoms with Crippen LogP contribution in [0.1, 0.15) is 40.9 Å². The van der Waals surface area contributed by atoms with E-state index in [0.717, 1.165) is 27.4 Å². The average molecular weight is 595 g/mol. The standard InChI is InChI=1S/C26H27F6NO8/c1-36-13-41-22-18(25(27,28)29)8-5-14(21(22)23(38-3)39-4)11-33(24(35)26(30,31)32)16-6-7-17-15(9-20(34)37-2)12-40-19(17)10-16/h5-8,10,15,23H,9,11-13H2,1-4H3/t15-/m1/s1. The normalized spacial score (nSPS) is 15.0. The number of halogens is 6. The van der Waals surface area contributed by atoms with E-state index in [1.54, 1.807) is 0 Å². The van der Waals surface area contributed by atoms with Crippen LogP contribution in [0.4, 0.5) is 32.0 Å². The average Bonchev–Trinajstić information content (AvgIpc) is 3.31. The van der Waals surface area contributed by atoms with Crippen LogP contribution in [-0.2, 0) is 41.3 Å². The second-order valence-corrected chi connectivity index (χ2v) is 8.77. The number of methoxy groups -OCH3 is 4. The maximum absolute atomic E-state index is 13.9. The van der Waals surface area contributed by atoms with Gasteiger partial charge in [-0.25, -0.2) is 0 Å². The molecule has 1 amide bonds. The molecule has 0 radical (unpaired) electrons. The molecule has 0 saturated heterocycles. The molecule has 1 aliphatic heterocycles. The van der Waals surface area contributed by atoms with Gasteiger partial charge in [0.25, 0.3) is 0 Å². The van der Waals surface area contributed by atoms with Crippen LogP contribution < -0.4 is 14.4 Å². The summed E-state index contributed by atoms with van der Waals surface area (Å²) in [7, 11) is 4.59. The largest absolute Gasteiger partial charge is 0.493 e. The topological polar surface area (TPSA) is 92.8 Å². The van der Waals surface area contributed by atoms with Crippen molar-refractivity contribution in [2.45, 2.75) is 37.5 Å². The van der Waals surface area contributed by atoms with Crippen molar-refractivity contribution in [3.05, 3.63) is 52.6 Å². The summed E-state index contributed by atoms with van der Waals surface area (Å²) < 4.78 is 113. The number of benzene rings is 2. The highest BCUT2D eigenvalue weighted by Gasteiger charge is 2.44. The molecule has 0 aliphatic carbocycles. The third-order valence-corrected chi connectivity index (χ3v) is 6.22. The van der Waals surface area contributed by atoms with Crippen molar-refractivity contribution in [2.24, 2.45) is 0 Å². The van der Waals surface area contributed by atoms with Gasteiger partial charge in [-0.2, -0.15) is 26.3 Å². The molecule has 2 aromatic rings. The van der Waals surface area contributed by atoms with Crippen molar-refractivity contribution in [1.29, 1.82) is 0 Å². The fraction of sp³-hybridized carbons (Fsp3) is 0.462. The van der Waals surface area contributed by atoms with Gasteiger partial charge in [-0.3, -0.25) is 9.59 Å². The van der Waals surface area contributed by atoms with Gasteiger partial charge >= 0.3 is 24.2 Å². The predicted molar refractivity (Wildman–Crippen MR) is 129 cm³/mol. The summed E-state index contributed by atoms with van der Waals surface area (Å²) in [5.41, 5.74) is -1.59. The first-order valence-electron chi connectivity index (χ1n) is 11.9. The molecule has 0 unspecified atom stereocenters. The zero-order valence-electron chi connectivity index (χ0n) is 22.4. The lowest BCUT2D eigenvalue weighted by Gasteiger charge is -2.28. The van der Waals surface area contributed by atoms with Gasteiger partial charge in [-0.1, -0.05) is 12.1 Å². The lowest BCUT2D eigenvalue weighted by Crippen LogP contribution is -2.41. The van der Waals surface area contributed by atoms with Gasteiger partial charge in [0, 0.05) is 44.6 Å². The summed E-state index contributed by atoms with van der Waals surface area (Å²) in [6, 6.07) is 5.35. The molecule has 0 fully saturated rings. The molecule has 1 aliphatic rings. The third kappa shape index (κ3) is 7.21. The number of carbonyl (C=O) groups excluding carboxylic acids is 2. The number of amides is 1. The van der Waals surface area contributed by atoms with Gasteiger partial charge in [-0.15, -0.1) is 0 Å². The van der Waals surface area contributed by atoms with E-state index in [1.807, 2.05) is 0 Å². The Morgan fingerprint density at radius 3 is 2.27 bits per heavy atom. The number of rotatable bonds is 11. The highest BCUT2D eigenvalue weighted by Crippen LogP contribution is 2.44. The predicted octanol–water partition coefficient (Wildman–Crippen LogP) is 5.11. The minimum atomic E-state index is -5.35. The molecular weight excluding hydrogens is 568 g/mol. The first kappa shape index (κ1) is 32.0. The maximum atomic E-state index is 13.9. The maximum Gasteiger partial charge on any atom is 0.471 e. The summed E-state index contributed by atoms with van der Waals surface area (Å²) in [6.45, 7) is -1.45. The molecular formula is C26H27F6NO8. The molecule has 0 N–H and O–H groups in total. The number of carbonyl (C=O) groups is 2. The molecule has 3 rings (SSSR count). The van der Waals surface area contributed by atoms with Gasteiger partial charge < -0.3 is 33.3 Å². The Bertz CT molecular complexity index is 1250. The Balaban J connectivity index is 2.15. The van der Waals surface area contributed by atoms with E-state index >= 15 is 0 Å². The molecule has 0 saturated carbocycles. The number of fused-ring (bicyclic) bond motifs is 1. The van der Waals surface area contributed by atoms with Crippen molar-refractivity contribution in [3.8, 4) is 11.5 Å². The summed E-state index contributed by atoms with van der Waals surface area (Å²) in [4.78, 5) is 24.7. The number of nitrogens with zero attached hydrogens (tertiary/aromatic N) is 1. The van der Waals surface area contributed by atoms with Crippen LogP contribution >= 0.6 is 0 Å². The fourth-order valence-electron chi connectivity index (χ4n) is 4.36. The fourth-order valence-corrected chi connectivity index (χ4v) is 4.36. The van der Waals surface area contributed by atoms with Crippen LogP contribution in [-0.4, -0.2) is 59.9 Å². The molecule has 9 nitrogen and oxygen atoms in total. The smallest absolute Gasteiger partial charge is 0.471 e.